The molecule has 0 N–H and O–H groups in total. The monoisotopic (exact) mass is 286 g/mol. The number of thiophene rings is 1. The highest BCUT2D eigenvalue weighted by Crippen LogP contribution is 2.33. The van der Waals surface area contributed by atoms with Gasteiger partial charge in [-0.25, -0.2) is 0 Å². The molecule has 0 bridgehead atoms. The van der Waals surface area contributed by atoms with Crippen LogP contribution in [0.5, 0.6) is 0 Å². The molecule has 20 heavy (non-hydrogen) atoms. The smallest absolute Gasteiger partial charge is 0.180 e. The second-order valence-electron chi connectivity index (χ2n) is 6.15. The second-order valence-corrected chi connectivity index (χ2v) is 7.23. The Morgan fingerprint density at radius 2 is 1.75 bits per heavy atom. The predicted octanol–water partition coefficient (Wildman–Crippen LogP) is 5.42. The number of rotatable bonds is 4. The number of Topliss-reactive ketones (excluding diaryl/α,β-unsaturated/α-hetero) is 1. The second kappa shape index (κ2) is 5.92. The van der Waals surface area contributed by atoms with Gasteiger partial charge in [0.05, 0.1) is 4.88 Å². The molecule has 0 amide bonds. The largest absolute Gasteiger partial charge is 0.293 e. The molecule has 0 spiro atoms. The first kappa shape index (κ1) is 15.0. The van der Waals surface area contributed by atoms with Gasteiger partial charge in [0.2, 0.25) is 0 Å². The minimum absolute atomic E-state index is 0.0253. The van der Waals surface area contributed by atoms with Crippen LogP contribution < -0.4 is 0 Å². The average Bonchev–Trinajstić information content (AvgIpc) is 2.90. The third-order valence-electron chi connectivity index (χ3n) is 3.51. The van der Waals surface area contributed by atoms with Crippen LogP contribution >= 0.6 is 11.3 Å². The molecular formula is C18H22OS. The summed E-state index contributed by atoms with van der Waals surface area (Å²) in [6.07, 6.45) is 0.839. The summed E-state index contributed by atoms with van der Waals surface area (Å²) in [6.45, 7) is 8.62. The molecule has 1 unspecified atom stereocenters. The number of ketones is 1. The van der Waals surface area contributed by atoms with Crippen LogP contribution in [0.25, 0.3) is 0 Å². The van der Waals surface area contributed by atoms with Gasteiger partial charge in [-0.2, -0.15) is 0 Å². The first-order chi connectivity index (χ1) is 9.43. The lowest BCUT2D eigenvalue weighted by Gasteiger charge is -2.16. The van der Waals surface area contributed by atoms with Crippen LogP contribution in [0.1, 0.15) is 60.1 Å². The molecule has 2 rings (SSSR count). The Bertz CT molecular complexity index is 575. The minimum Gasteiger partial charge on any atom is -0.293 e. The molecule has 1 aromatic heterocycles. The third kappa shape index (κ3) is 3.18. The zero-order chi connectivity index (χ0) is 14.8. The standard InChI is InChI=1S/C18H22OS/c1-5-14(13-9-7-6-8-10-13)17(19)15-11-12-16(20-15)18(2,3)4/h6-12,14H,5H2,1-4H3. The van der Waals surface area contributed by atoms with Crippen LogP contribution in [0.15, 0.2) is 42.5 Å². The summed E-state index contributed by atoms with van der Waals surface area (Å²) in [5, 5.41) is 0. The number of benzene rings is 1. The van der Waals surface area contributed by atoms with Crippen molar-refractivity contribution >= 4 is 17.1 Å². The zero-order valence-corrected chi connectivity index (χ0v) is 13.5. The van der Waals surface area contributed by atoms with E-state index < -0.39 is 0 Å². The van der Waals surface area contributed by atoms with Gasteiger partial charge in [-0.15, -0.1) is 11.3 Å². The molecule has 2 heteroatoms. The van der Waals surface area contributed by atoms with Crippen molar-refractivity contribution in [2.75, 3.05) is 0 Å². The summed E-state index contributed by atoms with van der Waals surface area (Å²) in [6, 6.07) is 14.2. The van der Waals surface area contributed by atoms with Gasteiger partial charge in [0.1, 0.15) is 0 Å². The number of carbonyl (C=O) groups excluding carboxylic acids is 1. The van der Waals surface area contributed by atoms with Crippen LogP contribution in [-0.2, 0) is 5.41 Å². The predicted molar refractivity (Wildman–Crippen MR) is 86.8 cm³/mol. The zero-order valence-electron chi connectivity index (χ0n) is 12.6. The van der Waals surface area contributed by atoms with Crippen LogP contribution in [0.4, 0.5) is 0 Å². The molecule has 2 aromatic rings. The summed E-state index contributed by atoms with van der Waals surface area (Å²) in [5.74, 6) is 0.224. The molecule has 0 saturated heterocycles. The van der Waals surface area contributed by atoms with Crippen LogP contribution in [-0.4, -0.2) is 5.78 Å². The summed E-state index contributed by atoms with van der Waals surface area (Å²) >= 11 is 1.64. The maximum atomic E-state index is 12.7. The lowest BCUT2D eigenvalue weighted by atomic mass is 9.91. The van der Waals surface area contributed by atoms with Crippen molar-refractivity contribution in [2.45, 2.75) is 45.4 Å². The van der Waals surface area contributed by atoms with Crippen molar-refractivity contribution in [2.24, 2.45) is 0 Å². The van der Waals surface area contributed by atoms with Gasteiger partial charge in [-0.05, 0) is 29.5 Å². The molecule has 0 aliphatic rings. The molecule has 0 saturated carbocycles. The molecule has 106 valence electrons. The first-order valence-electron chi connectivity index (χ1n) is 7.13. The van der Waals surface area contributed by atoms with Gasteiger partial charge in [0.25, 0.3) is 0 Å². The Balaban J connectivity index is 2.28. The summed E-state index contributed by atoms with van der Waals surface area (Å²) < 4.78 is 0. The Kier molecular flexibility index (Phi) is 4.44. The van der Waals surface area contributed by atoms with Crippen molar-refractivity contribution < 1.29 is 4.79 Å². The van der Waals surface area contributed by atoms with Gasteiger partial charge in [-0.3, -0.25) is 4.79 Å². The third-order valence-corrected chi connectivity index (χ3v) is 5.04. The lowest BCUT2D eigenvalue weighted by Crippen LogP contribution is -2.11. The molecule has 0 radical (unpaired) electrons. The molecule has 1 nitrogen and oxygen atoms in total. The van der Waals surface area contributed by atoms with Crippen LogP contribution in [0.3, 0.4) is 0 Å². The Labute approximate surface area is 125 Å². The molecule has 1 heterocycles. The highest BCUT2D eigenvalue weighted by atomic mass is 32.1. The fourth-order valence-corrected chi connectivity index (χ4v) is 3.36. The number of carbonyl (C=O) groups is 1. The first-order valence-corrected chi connectivity index (χ1v) is 7.94. The summed E-state index contributed by atoms with van der Waals surface area (Å²) in [5.41, 5.74) is 1.23. The van der Waals surface area contributed by atoms with Crippen molar-refractivity contribution in [3.05, 3.63) is 57.8 Å². The molecule has 1 atom stereocenters. The molecule has 1 aromatic carbocycles. The number of hydrogen-bond acceptors (Lipinski definition) is 2. The van der Waals surface area contributed by atoms with Crippen LogP contribution in [0.2, 0.25) is 0 Å². The van der Waals surface area contributed by atoms with Gasteiger partial charge in [-0.1, -0.05) is 58.0 Å². The Morgan fingerprint density at radius 3 is 2.25 bits per heavy atom. The molecule has 0 aliphatic carbocycles. The van der Waals surface area contributed by atoms with Crippen molar-refractivity contribution in [1.82, 2.24) is 0 Å². The van der Waals surface area contributed by atoms with Gasteiger partial charge < -0.3 is 0 Å². The normalized spacial score (nSPS) is 13.2. The molecule has 0 aliphatic heterocycles. The van der Waals surface area contributed by atoms with Crippen LogP contribution in [0, 0.1) is 0 Å². The van der Waals surface area contributed by atoms with E-state index in [4.69, 9.17) is 0 Å². The number of hydrogen-bond donors (Lipinski definition) is 0. The van der Waals surface area contributed by atoms with Crippen molar-refractivity contribution in [3.63, 3.8) is 0 Å². The van der Waals surface area contributed by atoms with E-state index in [2.05, 4.69) is 33.8 Å². The lowest BCUT2D eigenvalue weighted by molar-refractivity contribution is 0.0961. The Morgan fingerprint density at radius 1 is 1.10 bits per heavy atom. The molecule has 0 fully saturated rings. The maximum absolute atomic E-state index is 12.7. The topological polar surface area (TPSA) is 17.1 Å². The highest BCUT2D eigenvalue weighted by molar-refractivity contribution is 7.14. The quantitative estimate of drug-likeness (QED) is 0.686. The fourth-order valence-electron chi connectivity index (χ4n) is 2.30. The maximum Gasteiger partial charge on any atom is 0.180 e. The summed E-state index contributed by atoms with van der Waals surface area (Å²) in [4.78, 5) is 14.9. The van der Waals surface area contributed by atoms with Gasteiger partial charge in [0, 0.05) is 10.8 Å². The van der Waals surface area contributed by atoms with E-state index in [-0.39, 0.29) is 17.1 Å². The SMILES string of the molecule is CCC(C(=O)c1ccc(C(C)(C)C)s1)c1ccccc1. The summed E-state index contributed by atoms with van der Waals surface area (Å²) in [7, 11) is 0. The highest BCUT2D eigenvalue weighted by Gasteiger charge is 2.24. The van der Waals surface area contributed by atoms with E-state index in [0.717, 1.165) is 16.9 Å². The Hall–Kier alpha value is -1.41. The van der Waals surface area contributed by atoms with E-state index in [9.17, 15) is 4.79 Å². The van der Waals surface area contributed by atoms with Gasteiger partial charge in [0.15, 0.2) is 5.78 Å². The minimum atomic E-state index is -0.0253. The van der Waals surface area contributed by atoms with E-state index in [1.165, 1.54) is 4.88 Å². The average molecular weight is 286 g/mol. The van der Waals surface area contributed by atoms with E-state index in [0.29, 0.717) is 0 Å². The van der Waals surface area contributed by atoms with Crippen molar-refractivity contribution in [1.29, 1.82) is 0 Å². The van der Waals surface area contributed by atoms with Gasteiger partial charge >= 0.3 is 0 Å². The van der Waals surface area contributed by atoms with E-state index >= 15 is 0 Å². The van der Waals surface area contributed by atoms with Crippen molar-refractivity contribution in [3.8, 4) is 0 Å². The fraction of sp³-hybridized carbons (Fsp3) is 0.389. The molecular weight excluding hydrogens is 264 g/mol. The van der Waals surface area contributed by atoms with E-state index in [1.807, 2.05) is 36.4 Å². The van der Waals surface area contributed by atoms with E-state index in [1.54, 1.807) is 11.3 Å².